The third-order valence-corrected chi connectivity index (χ3v) is 3.89. The Hall–Kier alpha value is -1.68. The molecular formula is C18H25FN2O. The molecule has 0 unspecified atom stereocenters. The smallest absolute Gasteiger partial charge is 0.187 e. The SMILES string of the molecule is CC1(C)CC(NC=CC(=O)c2ccc(F)cc2)CC(C)(C)N1. The number of carbonyl (C=O) groups is 1. The molecule has 1 heterocycles. The van der Waals surface area contributed by atoms with Gasteiger partial charge in [-0.3, -0.25) is 4.79 Å². The van der Waals surface area contributed by atoms with Crippen molar-refractivity contribution in [1.82, 2.24) is 10.6 Å². The third kappa shape index (κ3) is 4.67. The van der Waals surface area contributed by atoms with Gasteiger partial charge >= 0.3 is 0 Å². The van der Waals surface area contributed by atoms with Crippen LogP contribution in [0.5, 0.6) is 0 Å². The van der Waals surface area contributed by atoms with Gasteiger partial charge in [-0.25, -0.2) is 4.39 Å². The molecule has 0 spiro atoms. The minimum Gasteiger partial charge on any atom is -0.388 e. The van der Waals surface area contributed by atoms with Gasteiger partial charge in [-0.2, -0.15) is 0 Å². The largest absolute Gasteiger partial charge is 0.388 e. The van der Waals surface area contributed by atoms with Crippen molar-refractivity contribution in [3.63, 3.8) is 0 Å². The van der Waals surface area contributed by atoms with Crippen molar-refractivity contribution in [2.24, 2.45) is 0 Å². The summed E-state index contributed by atoms with van der Waals surface area (Å²) in [7, 11) is 0. The summed E-state index contributed by atoms with van der Waals surface area (Å²) in [6.07, 6.45) is 5.21. The van der Waals surface area contributed by atoms with Gasteiger partial charge in [0.05, 0.1) is 0 Å². The first-order valence-corrected chi connectivity index (χ1v) is 7.69. The lowest BCUT2D eigenvalue weighted by molar-refractivity contribution is 0.104. The fraction of sp³-hybridized carbons (Fsp3) is 0.500. The van der Waals surface area contributed by atoms with Gasteiger partial charge in [-0.15, -0.1) is 0 Å². The van der Waals surface area contributed by atoms with Crippen LogP contribution in [0, 0.1) is 5.82 Å². The lowest BCUT2D eigenvalue weighted by atomic mass is 9.80. The second kappa shape index (κ2) is 6.21. The zero-order valence-corrected chi connectivity index (χ0v) is 13.7. The molecule has 1 aromatic carbocycles. The summed E-state index contributed by atoms with van der Waals surface area (Å²) in [5.74, 6) is -0.460. The minimum absolute atomic E-state index is 0.0637. The van der Waals surface area contributed by atoms with E-state index in [9.17, 15) is 9.18 Å². The molecule has 0 bridgehead atoms. The number of hydrogen-bond acceptors (Lipinski definition) is 3. The molecule has 0 amide bonds. The van der Waals surface area contributed by atoms with Gasteiger partial charge in [-0.05, 0) is 64.8 Å². The first-order valence-electron chi connectivity index (χ1n) is 7.69. The summed E-state index contributed by atoms with van der Waals surface area (Å²) in [6.45, 7) is 8.76. The third-order valence-electron chi connectivity index (χ3n) is 3.89. The second-order valence-corrected chi connectivity index (χ2v) is 7.37. The van der Waals surface area contributed by atoms with E-state index in [2.05, 4.69) is 38.3 Å². The lowest BCUT2D eigenvalue weighted by Crippen LogP contribution is -2.61. The summed E-state index contributed by atoms with van der Waals surface area (Å²) in [4.78, 5) is 12.0. The number of piperidine rings is 1. The molecule has 1 aliphatic heterocycles. The zero-order chi connectivity index (χ0) is 16.4. The van der Waals surface area contributed by atoms with Crippen molar-refractivity contribution in [2.75, 3.05) is 0 Å². The van der Waals surface area contributed by atoms with Crippen LogP contribution in [0.25, 0.3) is 0 Å². The number of halogens is 1. The van der Waals surface area contributed by atoms with Crippen LogP contribution in [0.3, 0.4) is 0 Å². The van der Waals surface area contributed by atoms with E-state index in [-0.39, 0.29) is 22.7 Å². The second-order valence-electron chi connectivity index (χ2n) is 7.37. The molecule has 2 rings (SSSR count). The van der Waals surface area contributed by atoms with Gasteiger partial charge in [0.1, 0.15) is 5.82 Å². The number of nitrogens with one attached hydrogen (secondary N) is 2. The van der Waals surface area contributed by atoms with E-state index < -0.39 is 0 Å². The van der Waals surface area contributed by atoms with E-state index in [0.29, 0.717) is 11.6 Å². The van der Waals surface area contributed by atoms with Crippen molar-refractivity contribution in [3.8, 4) is 0 Å². The van der Waals surface area contributed by atoms with Crippen LogP contribution < -0.4 is 10.6 Å². The van der Waals surface area contributed by atoms with Gasteiger partial charge in [0.25, 0.3) is 0 Å². The Kier molecular flexibility index (Phi) is 4.71. The molecule has 4 heteroatoms. The fourth-order valence-electron chi connectivity index (χ4n) is 3.41. The molecule has 1 saturated heterocycles. The number of allylic oxidation sites excluding steroid dienone is 1. The maximum absolute atomic E-state index is 12.8. The van der Waals surface area contributed by atoms with Crippen LogP contribution in [-0.4, -0.2) is 22.9 Å². The Balaban J connectivity index is 1.94. The Morgan fingerprint density at radius 3 is 2.27 bits per heavy atom. The molecular weight excluding hydrogens is 279 g/mol. The molecule has 0 saturated carbocycles. The molecule has 0 atom stereocenters. The van der Waals surface area contributed by atoms with Crippen LogP contribution in [0.15, 0.2) is 36.5 Å². The van der Waals surface area contributed by atoms with Gasteiger partial charge in [0.2, 0.25) is 0 Å². The Labute approximate surface area is 132 Å². The van der Waals surface area contributed by atoms with E-state index in [0.717, 1.165) is 12.8 Å². The molecule has 120 valence electrons. The normalized spacial score (nSPS) is 21.0. The number of benzene rings is 1. The van der Waals surface area contributed by atoms with Crippen molar-refractivity contribution in [2.45, 2.75) is 57.7 Å². The molecule has 22 heavy (non-hydrogen) atoms. The number of rotatable bonds is 4. The Morgan fingerprint density at radius 1 is 1.18 bits per heavy atom. The van der Waals surface area contributed by atoms with E-state index in [1.165, 1.54) is 30.3 Å². The number of carbonyl (C=O) groups excluding carboxylic acids is 1. The summed E-state index contributed by atoms with van der Waals surface area (Å²) >= 11 is 0. The minimum atomic E-state index is -0.335. The van der Waals surface area contributed by atoms with Crippen LogP contribution in [0.4, 0.5) is 4.39 Å². The van der Waals surface area contributed by atoms with Crippen LogP contribution in [-0.2, 0) is 0 Å². The molecule has 0 aromatic heterocycles. The lowest BCUT2D eigenvalue weighted by Gasteiger charge is -2.46. The highest BCUT2D eigenvalue weighted by Gasteiger charge is 2.37. The molecule has 2 N–H and O–H groups in total. The molecule has 1 fully saturated rings. The van der Waals surface area contributed by atoms with E-state index in [1.807, 2.05) is 0 Å². The van der Waals surface area contributed by atoms with Gasteiger partial charge in [0.15, 0.2) is 5.78 Å². The highest BCUT2D eigenvalue weighted by Crippen LogP contribution is 2.28. The molecule has 1 aromatic rings. The van der Waals surface area contributed by atoms with Crippen LogP contribution >= 0.6 is 0 Å². The zero-order valence-electron chi connectivity index (χ0n) is 13.7. The van der Waals surface area contributed by atoms with Gasteiger partial charge in [-0.1, -0.05) is 0 Å². The van der Waals surface area contributed by atoms with Crippen LogP contribution in [0.1, 0.15) is 50.9 Å². The highest BCUT2D eigenvalue weighted by molar-refractivity contribution is 6.04. The topological polar surface area (TPSA) is 41.1 Å². The average molecular weight is 304 g/mol. The quantitative estimate of drug-likeness (QED) is 0.661. The molecule has 0 aliphatic carbocycles. The maximum Gasteiger partial charge on any atom is 0.187 e. The molecule has 3 nitrogen and oxygen atoms in total. The summed E-state index contributed by atoms with van der Waals surface area (Å²) in [5.41, 5.74) is 0.619. The van der Waals surface area contributed by atoms with Crippen molar-refractivity contribution >= 4 is 5.78 Å². The van der Waals surface area contributed by atoms with E-state index in [4.69, 9.17) is 0 Å². The Bertz CT molecular complexity index is 545. The first-order chi connectivity index (χ1) is 10.2. The predicted molar refractivity (Wildman–Crippen MR) is 87.3 cm³/mol. The monoisotopic (exact) mass is 304 g/mol. The van der Waals surface area contributed by atoms with E-state index in [1.54, 1.807) is 6.20 Å². The maximum atomic E-state index is 12.8. The highest BCUT2D eigenvalue weighted by atomic mass is 19.1. The molecule has 1 aliphatic rings. The number of ketones is 1. The van der Waals surface area contributed by atoms with Gasteiger partial charge in [0, 0.05) is 35.0 Å². The standard InChI is InChI=1S/C18H25FN2O/c1-17(2)11-15(12-18(3,4)21-17)20-10-9-16(22)13-5-7-14(19)8-6-13/h5-10,15,20-21H,11-12H2,1-4H3. The summed E-state index contributed by atoms with van der Waals surface area (Å²) < 4.78 is 12.8. The van der Waals surface area contributed by atoms with Crippen molar-refractivity contribution in [1.29, 1.82) is 0 Å². The predicted octanol–water partition coefficient (Wildman–Crippen LogP) is 3.42. The molecule has 0 radical (unpaired) electrons. The summed E-state index contributed by atoms with van der Waals surface area (Å²) in [5, 5.41) is 6.96. The van der Waals surface area contributed by atoms with Gasteiger partial charge < -0.3 is 10.6 Å². The average Bonchev–Trinajstić information content (AvgIpc) is 2.35. The van der Waals surface area contributed by atoms with Crippen LogP contribution in [0.2, 0.25) is 0 Å². The van der Waals surface area contributed by atoms with E-state index >= 15 is 0 Å². The van der Waals surface area contributed by atoms with Crippen molar-refractivity contribution < 1.29 is 9.18 Å². The summed E-state index contributed by atoms with van der Waals surface area (Å²) in [6, 6.07) is 5.92. The van der Waals surface area contributed by atoms with Crippen molar-refractivity contribution in [3.05, 3.63) is 47.9 Å². The number of hydrogen-bond donors (Lipinski definition) is 2. The fourth-order valence-corrected chi connectivity index (χ4v) is 3.41. The first kappa shape index (κ1) is 16.7. The Morgan fingerprint density at radius 2 is 1.73 bits per heavy atom.